The van der Waals surface area contributed by atoms with E-state index in [0.717, 1.165) is 30.6 Å². The third-order valence-corrected chi connectivity index (χ3v) is 4.41. The molecule has 2 aliphatic heterocycles. The third kappa shape index (κ3) is 2.78. The fraction of sp³-hybridized carbons (Fsp3) is 0.500. The topological polar surface area (TPSA) is 69.6 Å². The van der Waals surface area contributed by atoms with Crippen molar-refractivity contribution in [3.63, 3.8) is 0 Å². The molecule has 5 nitrogen and oxygen atoms in total. The van der Waals surface area contributed by atoms with Gasteiger partial charge in [-0.05, 0) is 37.4 Å². The lowest BCUT2D eigenvalue weighted by Crippen LogP contribution is -2.48. The molecule has 5 heteroatoms. The average molecular weight is 288 g/mol. The molecule has 1 fully saturated rings. The quantitative estimate of drug-likeness (QED) is 0.860. The summed E-state index contributed by atoms with van der Waals surface area (Å²) >= 11 is 0. The fourth-order valence-corrected chi connectivity index (χ4v) is 3.25. The number of hydrogen-bond acceptors (Lipinski definition) is 3. The molecule has 0 spiro atoms. The van der Waals surface area contributed by atoms with E-state index in [9.17, 15) is 14.7 Å². The van der Waals surface area contributed by atoms with Crippen molar-refractivity contribution in [2.24, 2.45) is 11.8 Å². The normalized spacial score (nSPS) is 25.2. The molecule has 0 aromatic heterocycles. The molecule has 112 valence electrons. The Labute approximate surface area is 123 Å². The first-order chi connectivity index (χ1) is 10.2. The maximum atomic E-state index is 12.8. The van der Waals surface area contributed by atoms with Gasteiger partial charge in [-0.3, -0.25) is 9.59 Å². The molecule has 0 bridgehead atoms. The van der Waals surface area contributed by atoms with Crippen molar-refractivity contribution in [3.8, 4) is 0 Å². The SMILES string of the molecule is O=C(O)C1Cc2ccccc2N(C(=O)C2CCCNC2)C1. The highest BCUT2D eigenvalue weighted by Crippen LogP contribution is 2.31. The number of amides is 1. The van der Waals surface area contributed by atoms with Gasteiger partial charge in [0.25, 0.3) is 0 Å². The van der Waals surface area contributed by atoms with Gasteiger partial charge in [-0.15, -0.1) is 0 Å². The molecule has 0 radical (unpaired) electrons. The first-order valence-electron chi connectivity index (χ1n) is 7.49. The Balaban J connectivity index is 1.88. The Hall–Kier alpha value is -1.88. The zero-order valence-corrected chi connectivity index (χ0v) is 11.9. The molecule has 2 unspecified atom stereocenters. The molecular weight excluding hydrogens is 268 g/mol. The Kier molecular flexibility index (Phi) is 3.92. The number of rotatable bonds is 2. The summed E-state index contributed by atoms with van der Waals surface area (Å²) in [5.74, 6) is -1.33. The molecule has 2 atom stereocenters. The number of carbonyl (C=O) groups is 2. The maximum absolute atomic E-state index is 12.8. The van der Waals surface area contributed by atoms with E-state index in [4.69, 9.17) is 0 Å². The zero-order chi connectivity index (χ0) is 14.8. The van der Waals surface area contributed by atoms with E-state index < -0.39 is 11.9 Å². The summed E-state index contributed by atoms with van der Waals surface area (Å²) in [4.78, 5) is 25.8. The number of para-hydroxylation sites is 1. The molecule has 1 amide bonds. The van der Waals surface area contributed by atoms with Crippen LogP contribution in [0.25, 0.3) is 0 Å². The lowest BCUT2D eigenvalue weighted by Gasteiger charge is -2.36. The Bertz CT molecular complexity index is 552. The number of carbonyl (C=O) groups excluding carboxylic acids is 1. The second-order valence-electron chi connectivity index (χ2n) is 5.86. The first kappa shape index (κ1) is 14.1. The van der Waals surface area contributed by atoms with Gasteiger partial charge in [0.15, 0.2) is 0 Å². The van der Waals surface area contributed by atoms with E-state index >= 15 is 0 Å². The lowest BCUT2D eigenvalue weighted by atomic mass is 9.90. The third-order valence-electron chi connectivity index (χ3n) is 4.41. The molecule has 3 rings (SSSR count). The smallest absolute Gasteiger partial charge is 0.308 e. The molecule has 0 aliphatic carbocycles. The summed E-state index contributed by atoms with van der Waals surface area (Å²) in [6.45, 7) is 1.93. The van der Waals surface area contributed by atoms with Crippen molar-refractivity contribution in [3.05, 3.63) is 29.8 Å². The second-order valence-corrected chi connectivity index (χ2v) is 5.86. The minimum absolute atomic E-state index is 0.0423. The predicted molar refractivity (Wildman–Crippen MR) is 79.2 cm³/mol. The van der Waals surface area contributed by atoms with Crippen molar-refractivity contribution in [2.75, 3.05) is 24.5 Å². The molecule has 2 heterocycles. The van der Waals surface area contributed by atoms with Gasteiger partial charge in [0.05, 0.1) is 11.8 Å². The minimum Gasteiger partial charge on any atom is -0.481 e. The number of aliphatic carboxylic acids is 1. The highest BCUT2D eigenvalue weighted by atomic mass is 16.4. The number of hydrogen-bond donors (Lipinski definition) is 2. The van der Waals surface area contributed by atoms with Crippen molar-refractivity contribution in [2.45, 2.75) is 19.3 Å². The Morgan fingerprint density at radius 2 is 2.05 bits per heavy atom. The lowest BCUT2D eigenvalue weighted by molar-refractivity contribution is -0.141. The van der Waals surface area contributed by atoms with Crippen molar-refractivity contribution < 1.29 is 14.7 Å². The van der Waals surface area contributed by atoms with Crippen molar-refractivity contribution in [1.29, 1.82) is 0 Å². The van der Waals surface area contributed by atoms with Crippen LogP contribution in [-0.2, 0) is 16.0 Å². The van der Waals surface area contributed by atoms with Gasteiger partial charge < -0.3 is 15.3 Å². The van der Waals surface area contributed by atoms with Crippen LogP contribution >= 0.6 is 0 Å². The number of piperidine rings is 1. The van der Waals surface area contributed by atoms with Crippen LogP contribution in [0.4, 0.5) is 5.69 Å². The van der Waals surface area contributed by atoms with E-state index in [1.165, 1.54) is 0 Å². The number of benzene rings is 1. The van der Waals surface area contributed by atoms with Crippen LogP contribution in [-0.4, -0.2) is 36.6 Å². The van der Waals surface area contributed by atoms with Crippen LogP contribution in [0.3, 0.4) is 0 Å². The van der Waals surface area contributed by atoms with Gasteiger partial charge in [0.1, 0.15) is 0 Å². The van der Waals surface area contributed by atoms with Gasteiger partial charge in [0, 0.05) is 18.8 Å². The van der Waals surface area contributed by atoms with Crippen molar-refractivity contribution in [1.82, 2.24) is 5.32 Å². The predicted octanol–water partition coefficient (Wildman–Crippen LogP) is 1.28. The van der Waals surface area contributed by atoms with Crippen LogP contribution in [0.1, 0.15) is 18.4 Å². The van der Waals surface area contributed by atoms with Gasteiger partial charge in [-0.25, -0.2) is 0 Å². The summed E-state index contributed by atoms with van der Waals surface area (Å²) < 4.78 is 0. The Morgan fingerprint density at radius 1 is 1.24 bits per heavy atom. The number of nitrogens with zero attached hydrogens (tertiary/aromatic N) is 1. The van der Waals surface area contributed by atoms with E-state index in [1.54, 1.807) is 4.90 Å². The van der Waals surface area contributed by atoms with E-state index in [-0.39, 0.29) is 18.4 Å². The molecule has 21 heavy (non-hydrogen) atoms. The van der Waals surface area contributed by atoms with Crippen LogP contribution in [0.15, 0.2) is 24.3 Å². The molecule has 2 N–H and O–H groups in total. The largest absolute Gasteiger partial charge is 0.481 e. The van der Waals surface area contributed by atoms with Gasteiger partial charge in [-0.1, -0.05) is 18.2 Å². The van der Waals surface area contributed by atoms with E-state index in [1.807, 2.05) is 24.3 Å². The molecular formula is C16H20N2O3. The molecule has 0 saturated carbocycles. The fourth-order valence-electron chi connectivity index (χ4n) is 3.25. The maximum Gasteiger partial charge on any atom is 0.308 e. The summed E-state index contributed by atoms with van der Waals surface area (Å²) in [5, 5.41) is 12.6. The number of fused-ring (bicyclic) bond motifs is 1. The molecule has 1 aromatic carbocycles. The second kappa shape index (κ2) is 5.85. The highest BCUT2D eigenvalue weighted by Gasteiger charge is 2.35. The average Bonchev–Trinajstić information content (AvgIpc) is 2.54. The van der Waals surface area contributed by atoms with Crippen LogP contribution in [0.2, 0.25) is 0 Å². The van der Waals surface area contributed by atoms with Crippen molar-refractivity contribution >= 4 is 17.6 Å². The summed E-state index contributed by atoms with van der Waals surface area (Å²) in [5.41, 5.74) is 1.83. The van der Waals surface area contributed by atoms with Crippen LogP contribution < -0.4 is 10.2 Å². The number of anilines is 1. The highest BCUT2D eigenvalue weighted by molar-refractivity contribution is 5.97. The van der Waals surface area contributed by atoms with Crippen LogP contribution in [0, 0.1) is 11.8 Å². The molecule has 2 aliphatic rings. The summed E-state index contributed by atoms with van der Waals surface area (Å²) in [6.07, 6.45) is 2.37. The standard InChI is InChI=1S/C16H20N2O3/c19-15(12-5-3-7-17-9-12)18-10-13(16(20)21)8-11-4-1-2-6-14(11)18/h1-2,4,6,12-13,17H,3,5,7-10H2,(H,20,21). The van der Waals surface area contributed by atoms with Gasteiger partial charge in [0.2, 0.25) is 5.91 Å². The van der Waals surface area contributed by atoms with Gasteiger partial charge >= 0.3 is 5.97 Å². The zero-order valence-electron chi connectivity index (χ0n) is 11.9. The number of nitrogens with one attached hydrogen (secondary N) is 1. The molecule has 1 saturated heterocycles. The van der Waals surface area contributed by atoms with E-state index in [2.05, 4.69) is 5.32 Å². The first-order valence-corrected chi connectivity index (χ1v) is 7.49. The summed E-state index contributed by atoms with van der Waals surface area (Å²) in [6, 6.07) is 7.64. The monoisotopic (exact) mass is 288 g/mol. The Morgan fingerprint density at radius 3 is 2.76 bits per heavy atom. The van der Waals surface area contributed by atoms with E-state index in [0.29, 0.717) is 13.0 Å². The number of carboxylic acid groups (broad SMARTS) is 1. The number of carboxylic acids is 1. The van der Waals surface area contributed by atoms with Gasteiger partial charge in [-0.2, -0.15) is 0 Å². The minimum atomic E-state index is -0.830. The molecule has 1 aromatic rings. The van der Waals surface area contributed by atoms with Crippen LogP contribution in [0.5, 0.6) is 0 Å². The summed E-state index contributed by atoms with van der Waals surface area (Å²) in [7, 11) is 0.